The zero-order valence-corrected chi connectivity index (χ0v) is 15.7. The minimum absolute atomic E-state index is 0.0968. The molecule has 0 atom stereocenters. The number of carbonyl (C=O) groups is 1. The number of alkyl halides is 3. The minimum atomic E-state index is -4.13. The number of hydrogen-bond acceptors (Lipinski definition) is 3. The zero-order chi connectivity index (χ0) is 20.3. The lowest BCUT2D eigenvalue weighted by Crippen LogP contribution is -2.39. The quantitative estimate of drug-likeness (QED) is 0.790. The van der Waals surface area contributed by atoms with Crippen molar-refractivity contribution in [3.63, 3.8) is 0 Å². The second-order valence-electron chi connectivity index (χ2n) is 6.94. The SMILES string of the molecule is C=CC(=O)NCc1ccc(N2CCC(C(F)(F)F)CC2)cc1-c1ccn(C)n1. The Kier molecular flexibility index (Phi) is 5.76. The van der Waals surface area contributed by atoms with Gasteiger partial charge in [-0.3, -0.25) is 9.48 Å². The number of benzene rings is 1. The monoisotopic (exact) mass is 392 g/mol. The van der Waals surface area contributed by atoms with E-state index in [1.165, 1.54) is 6.08 Å². The lowest BCUT2D eigenvalue weighted by molar-refractivity contribution is -0.179. The predicted molar refractivity (Wildman–Crippen MR) is 102 cm³/mol. The molecule has 0 saturated carbocycles. The van der Waals surface area contributed by atoms with Crippen molar-refractivity contribution in [2.75, 3.05) is 18.0 Å². The molecule has 1 aromatic carbocycles. The summed E-state index contributed by atoms with van der Waals surface area (Å²) in [6.07, 6.45) is -0.903. The van der Waals surface area contributed by atoms with Crippen LogP contribution in [0.25, 0.3) is 11.3 Å². The third-order valence-electron chi connectivity index (χ3n) is 5.04. The van der Waals surface area contributed by atoms with Gasteiger partial charge in [-0.25, -0.2) is 0 Å². The Bertz CT molecular complexity index is 851. The number of carbonyl (C=O) groups excluding carboxylic acids is 1. The normalized spacial score (nSPS) is 15.5. The molecule has 0 aliphatic carbocycles. The van der Waals surface area contributed by atoms with Crippen molar-refractivity contribution in [1.82, 2.24) is 15.1 Å². The molecule has 5 nitrogen and oxygen atoms in total. The van der Waals surface area contributed by atoms with Crippen LogP contribution in [-0.4, -0.2) is 35.0 Å². The first-order valence-electron chi connectivity index (χ1n) is 9.13. The Hall–Kier alpha value is -2.77. The summed E-state index contributed by atoms with van der Waals surface area (Å²) in [5, 5.41) is 7.19. The summed E-state index contributed by atoms with van der Waals surface area (Å²) in [6.45, 7) is 4.47. The van der Waals surface area contributed by atoms with E-state index in [1.807, 2.05) is 42.4 Å². The molecule has 2 heterocycles. The van der Waals surface area contributed by atoms with Crippen LogP contribution in [0.1, 0.15) is 18.4 Å². The van der Waals surface area contributed by atoms with Crippen molar-refractivity contribution in [3.05, 3.63) is 48.7 Å². The Morgan fingerprint density at radius 2 is 2.04 bits per heavy atom. The predicted octanol–water partition coefficient (Wildman–Crippen LogP) is 3.67. The Morgan fingerprint density at radius 1 is 1.32 bits per heavy atom. The lowest BCUT2D eigenvalue weighted by atomic mass is 9.95. The zero-order valence-electron chi connectivity index (χ0n) is 15.7. The number of rotatable bonds is 5. The fourth-order valence-corrected chi connectivity index (χ4v) is 3.43. The van der Waals surface area contributed by atoms with Gasteiger partial charge in [-0.2, -0.15) is 18.3 Å². The molecular formula is C20H23F3N4O. The maximum Gasteiger partial charge on any atom is 0.391 e. The highest BCUT2D eigenvalue weighted by molar-refractivity contribution is 5.87. The molecule has 0 unspecified atom stereocenters. The Labute approximate surface area is 161 Å². The number of hydrogen-bond donors (Lipinski definition) is 1. The van der Waals surface area contributed by atoms with Crippen molar-refractivity contribution in [3.8, 4) is 11.3 Å². The molecule has 0 bridgehead atoms. The summed E-state index contributed by atoms with van der Waals surface area (Å²) in [6, 6.07) is 7.58. The maximum atomic E-state index is 12.9. The van der Waals surface area contributed by atoms with E-state index in [9.17, 15) is 18.0 Å². The standard InChI is InChI=1S/C20H23F3N4O/c1-3-19(28)24-13-14-4-5-16(12-17(14)18-8-9-26(2)25-18)27-10-6-15(7-11-27)20(21,22)23/h3-5,8-9,12,15H,1,6-7,10-11,13H2,2H3,(H,24,28). The molecule has 1 aliphatic heterocycles. The van der Waals surface area contributed by atoms with E-state index < -0.39 is 12.1 Å². The van der Waals surface area contributed by atoms with Gasteiger partial charge in [0.2, 0.25) is 5.91 Å². The number of nitrogens with one attached hydrogen (secondary N) is 1. The molecule has 150 valence electrons. The molecule has 1 aromatic heterocycles. The number of aryl methyl sites for hydroxylation is 1. The molecular weight excluding hydrogens is 369 g/mol. The largest absolute Gasteiger partial charge is 0.391 e. The van der Waals surface area contributed by atoms with Crippen molar-refractivity contribution >= 4 is 11.6 Å². The smallest absolute Gasteiger partial charge is 0.371 e. The Morgan fingerprint density at radius 3 is 2.61 bits per heavy atom. The van der Waals surface area contributed by atoms with Crippen LogP contribution >= 0.6 is 0 Å². The van der Waals surface area contributed by atoms with Gasteiger partial charge in [0, 0.05) is 44.1 Å². The molecule has 1 aliphatic rings. The van der Waals surface area contributed by atoms with Crippen molar-refractivity contribution in [2.45, 2.75) is 25.6 Å². The number of aromatic nitrogens is 2. The van der Waals surface area contributed by atoms with Gasteiger partial charge in [0.05, 0.1) is 11.6 Å². The molecule has 3 rings (SSSR count). The van der Waals surface area contributed by atoms with E-state index in [0.29, 0.717) is 19.6 Å². The highest BCUT2D eigenvalue weighted by atomic mass is 19.4. The van der Waals surface area contributed by atoms with Crippen LogP contribution in [0.4, 0.5) is 18.9 Å². The highest BCUT2D eigenvalue weighted by Crippen LogP contribution is 2.36. The molecule has 0 radical (unpaired) electrons. The van der Waals surface area contributed by atoms with Gasteiger partial charge in [0.1, 0.15) is 0 Å². The number of anilines is 1. The van der Waals surface area contributed by atoms with E-state index >= 15 is 0 Å². The van der Waals surface area contributed by atoms with Gasteiger partial charge in [-0.05, 0) is 42.7 Å². The molecule has 0 spiro atoms. The fourth-order valence-electron chi connectivity index (χ4n) is 3.43. The van der Waals surface area contributed by atoms with Gasteiger partial charge in [0.15, 0.2) is 0 Å². The summed E-state index contributed by atoms with van der Waals surface area (Å²) < 4.78 is 40.4. The van der Waals surface area contributed by atoms with Crippen molar-refractivity contribution in [1.29, 1.82) is 0 Å². The highest BCUT2D eigenvalue weighted by Gasteiger charge is 2.41. The van der Waals surface area contributed by atoms with Crippen LogP contribution in [0.5, 0.6) is 0 Å². The van der Waals surface area contributed by atoms with E-state index in [-0.39, 0.29) is 18.7 Å². The van der Waals surface area contributed by atoms with E-state index in [0.717, 1.165) is 22.5 Å². The first-order valence-corrected chi connectivity index (χ1v) is 9.13. The average Bonchev–Trinajstić information content (AvgIpc) is 3.11. The third kappa shape index (κ3) is 4.55. The summed E-state index contributed by atoms with van der Waals surface area (Å²) in [7, 11) is 1.81. The van der Waals surface area contributed by atoms with Gasteiger partial charge in [0.25, 0.3) is 0 Å². The first kappa shape index (κ1) is 20.0. The molecule has 1 amide bonds. The molecule has 1 N–H and O–H groups in total. The molecule has 8 heteroatoms. The van der Waals surface area contributed by atoms with Crippen LogP contribution in [0.3, 0.4) is 0 Å². The number of amides is 1. The Balaban J connectivity index is 1.84. The molecule has 1 fully saturated rings. The molecule has 1 saturated heterocycles. The van der Waals surface area contributed by atoms with Crippen LogP contribution in [0.15, 0.2) is 43.1 Å². The second-order valence-corrected chi connectivity index (χ2v) is 6.94. The maximum absolute atomic E-state index is 12.9. The van der Waals surface area contributed by atoms with E-state index in [2.05, 4.69) is 17.0 Å². The molecule has 2 aromatic rings. The van der Waals surface area contributed by atoms with E-state index in [4.69, 9.17) is 0 Å². The summed E-state index contributed by atoms with van der Waals surface area (Å²) in [5.41, 5.74) is 3.33. The van der Waals surface area contributed by atoms with Crippen LogP contribution in [0.2, 0.25) is 0 Å². The number of halogens is 3. The third-order valence-corrected chi connectivity index (χ3v) is 5.04. The summed E-state index contributed by atoms with van der Waals surface area (Å²) >= 11 is 0. The fraction of sp³-hybridized carbons (Fsp3) is 0.400. The minimum Gasteiger partial charge on any atom is -0.371 e. The second kappa shape index (κ2) is 8.08. The summed E-state index contributed by atoms with van der Waals surface area (Å²) in [4.78, 5) is 13.5. The van der Waals surface area contributed by atoms with Gasteiger partial charge >= 0.3 is 6.18 Å². The number of piperidine rings is 1. The van der Waals surface area contributed by atoms with Crippen LogP contribution in [0, 0.1) is 5.92 Å². The van der Waals surface area contributed by atoms with Gasteiger partial charge in [-0.15, -0.1) is 0 Å². The lowest BCUT2D eigenvalue weighted by Gasteiger charge is -2.34. The van der Waals surface area contributed by atoms with Crippen LogP contribution in [-0.2, 0) is 18.4 Å². The van der Waals surface area contributed by atoms with Gasteiger partial charge in [-0.1, -0.05) is 12.6 Å². The number of nitrogens with zero attached hydrogens (tertiary/aromatic N) is 3. The van der Waals surface area contributed by atoms with Crippen molar-refractivity contribution in [2.24, 2.45) is 13.0 Å². The first-order chi connectivity index (χ1) is 13.3. The molecule has 28 heavy (non-hydrogen) atoms. The topological polar surface area (TPSA) is 50.2 Å². The van der Waals surface area contributed by atoms with Crippen molar-refractivity contribution < 1.29 is 18.0 Å². The van der Waals surface area contributed by atoms with E-state index in [1.54, 1.807) is 4.68 Å². The van der Waals surface area contributed by atoms with Gasteiger partial charge < -0.3 is 10.2 Å². The average molecular weight is 392 g/mol. The summed E-state index contributed by atoms with van der Waals surface area (Å²) in [5.74, 6) is -1.50. The van der Waals surface area contributed by atoms with Crippen LogP contribution < -0.4 is 10.2 Å².